The fraction of sp³-hybridized carbons (Fsp3) is 0.889. The summed E-state index contributed by atoms with van der Waals surface area (Å²) in [5.74, 6) is 0.893. The molecule has 3 heteroatoms. The lowest BCUT2D eigenvalue weighted by Gasteiger charge is -2.07. The van der Waals surface area contributed by atoms with E-state index in [1.54, 1.807) is 0 Å². The molecule has 2 atom stereocenters. The van der Waals surface area contributed by atoms with Crippen LogP contribution >= 0.6 is 0 Å². The zero-order valence-corrected chi connectivity index (χ0v) is 7.46. The van der Waals surface area contributed by atoms with Gasteiger partial charge >= 0.3 is 0 Å². The lowest BCUT2D eigenvalue weighted by Crippen LogP contribution is -2.19. The van der Waals surface area contributed by atoms with Crippen molar-refractivity contribution in [1.82, 2.24) is 0 Å². The minimum atomic E-state index is 0.242. The summed E-state index contributed by atoms with van der Waals surface area (Å²) in [5.41, 5.74) is 10.8. The summed E-state index contributed by atoms with van der Waals surface area (Å²) < 4.78 is 0. The second kappa shape index (κ2) is 4.58. The summed E-state index contributed by atoms with van der Waals surface area (Å²) in [7, 11) is 0. The van der Waals surface area contributed by atoms with Gasteiger partial charge < -0.3 is 11.5 Å². The van der Waals surface area contributed by atoms with E-state index < -0.39 is 0 Å². The van der Waals surface area contributed by atoms with E-state index in [4.69, 9.17) is 11.5 Å². The minimum Gasteiger partial charge on any atom is -0.330 e. The van der Waals surface area contributed by atoms with E-state index in [1.165, 1.54) is 0 Å². The maximum atomic E-state index is 11.6. The molecule has 1 rings (SSSR count). The molecule has 1 fully saturated rings. The molecule has 0 saturated heterocycles. The molecule has 70 valence electrons. The van der Waals surface area contributed by atoms with Gasteiger partial charge in [0.15, 0.2) is 0 Å². The Balaban J connectivity index is 2.38. The van der Waals surface area contributed by atoms with Crippen LogP contribution < -0.4 is 11.5 Å². The van der Waals surface area contributed by atoms with Crippen LogP contribution in [0.15, 0.2) is 0 Å². The molecule has 0 aromatic heterocycles. The predicted molar refractivity (Wildman–Crippen MR) is 48.6 cm³/mol. The van der Waals surface area contributed by atoms with Crippen molar-refractivity contribution >= 4 is 5.78 Å². The van der Waals surface area contributed by atoms with Gasteiger partial charge in [-0.1, -0.05) is 0 Å². The molecule has 0 spiro atoms. The van der Waals surface area contributed by atoms with Crippen LogP contribution in [-0.2, 0) is 4.79 Å². The second-order valence-corrected chi connectivity index (χ2v) is 3.53. The van der Waals surface area contributed by atoms with Gasteiger partial charge in [-0.3, -0.25) is 4.79 Å². The van der Waals surface area contributed by atoms with Crippen molar-refractivity contribution < 1.29 is 4.79 Å². The number of carbonyl (C=O) groups excluding carboxylic acids is 1. The highest BCUT2D eigenvalue weighted by molar-refractivity contribution is 5.85. The molecule has 3 nitrogen and oxygen atoms in total. The van der Waals surface area contributed by atoms with Crippen molar-refractivity contribution in [1.29, 1.82) is 0 Å². The number of Topliss-reactive ketones (excluding diaryl/α,β-unsaturated/α-hetero) is 1. The van der Waals surface area contributed by atoms with Crippen LogP contribution in [0.5, 0.6) is 0 Å². The fourth-order valence-corrected chi connectivity index (χ4v) is 2.00. The van der Waals surface area contributed by atoms with E-state index in [9.17, 15) is 4.79 Å². The standard InChI is InChI=1S/C9H18N2O/c10-5-3-7-1-2-8(4-6-11)9(7)12/h7-8H,1-6,10-11H2. The van der Waals surface area contributed by atoms with Crippen LogP contribution in [0.25, 0.3) is 0 Å². The van der Waals surface area contributed by atoms with Crippen molar-refractivity contribution in [2.24, 2.45) is 23.3 Å². The molecule has 0 aromatic carbocycles. The number of hydrogen-bond acceptors (Lipinski definition) is 3. The summed E-state index contributed by atoms with van der Waals surface area (Å²) in [5, 5.41) is 0. The molecule has 1 saturated carbocycles. The zero-order chi connectivity index (χ0) is 8.97. The summed E-state index contributed by atoms with van der Waals surface area (Å²) in [6.07, 6.45) is 3.78. The molecule has 1 aliphatic rings. The third-order valence-electron chi connectivity index (χ3n) is 2.70. The first-order chi connectivity index (χ1) is 5.79. The van der Waals surface area contributed by atoms with Gasteiger partial charge in [0, 0.05) is 11.8 Å². The van der Waals surface area contributed by atoms with Gasteiger partial charge in [-0.2, -0.15) is 0 Å². The number of carbonyl (C=O) groups is 1. The summed E-state index contributed by atoms with van der Waals surface area (Å²) in [4.78, 5) is 11.6. The third-order valence-corrected chi connectivity index (χ3v) is 2.70. The van der Waals surface area contributed by atoms with Crippen molar-refractivity contribution in [2.45, 2.75) is 25.7 Å². The predicted octanol–water partition coefficient (Wildman–Crippen LogP) is 0.279. The molecular formula is C9H18N2O. The van der Waals surface area contributed by atoms with Crippen LogP contribution in [-0.4, -0.2) is 18.9 Å². The van der Waals surface area contributed by atoms with E-state index in [0.29, 0.717) is 18.9 Å². The Bertz CT molecular complexity index is 143. The molecule has 0 bridgehead atoms. The van der Waals surface area contributed by atoms with E-state index >= 15 is 0 Å². The van der Waals surface area contributed by atoms with Gasteiger partial charge in [0.1, 0.15) is 5.78 Å². The number of nitrogens with two attached hydrogens (primary N) is 2. The van der Waals surface area contributed by atoms with Gasteiger partial charge in [0.2, 0.25) is 0 Å². The summed E-state index contributed by atoms with van der Waals surface area (Å²) >= 11 is 0. The van der Waals surface area contributed by atoms with Gasteiger partial charge in [0.25, 0.3) is 0 Å². The van der Waals surface area contributed by atoms with Gasteiger partial charge in [-0.15, -0.1) is 0 Å². The van der Waals surface area contributed by atoms with Crippen LogP contribution in [0, 0.1) is 11.8 Å². The third kappa shape index (κ3) is 2.05. The molecule has 0 radical (unpaired) electrons. The molecule has 0 aromatic rings. The van der Waals surface area contributed by atoms with Gasteiger partial charge in [-0.05, 0) is 38.8 Å². The molecule has 12 heavy (non-hydrogen) atoms. The largest absolute Gasteiger partial charge is 0.330 e. The van der Waals surface area contributed by atoms with E-state index in [2.05, 4.69) is 0 Å². The smallest absolute Gasteiger partial charge is 0.139 e. The molecule has 4 N–H and O–H groups in total. The van der Waals surface area contributed by atoms with Crippen molar-refractivity contribution in [3.05, 3.63) is 0 Å². The quantitative estimate of drug-likeness (QED) is 0.636. The van der Waals surface area contributed by atoms with E-state index in [0.717, 1.165) is 25.7 Å². The second-order valence-electron chi connectivity index (χ2n) is 3.53. The Morgan fingerprint density at radius 3 is 1.83 bits per heavy atom. The SMILES string of the molecule is NCCC1CCC(CCN)C1=O. The van der Waals surface area contributed by atoms with E-state index in [-0.39, 0.29) is 11.8 Å². The average molecular weight is 170 g/mol. The normalized spacial score (nSPS) is 29.7. The summed E-state index contributed by atoms with van der Waals surface area (Å²) in [6, 6.07) is 0. The molecule has 2 unspecified atom stereocenters. The van der Waals surface area contributed by atoms with Crippen molar-refractivity contribution in [2.75, 3.05) is 13.1 Å². The monoisotopic (exact) mass is 170 g/mol. The van der Waals surface area contributed by atoms with Crippen LogP contribution in [0.3, 0.4) is 0 Å². The first-order valence-electron chi connectivity index (χ1n) is 4.73. The highest BCUT2D eigenvalue weighted by Gasteiger charge is 2.32. The molecular weight excluding hydrogens is 152 g/mol. The number of hydrogen-bond donors (Lipinski definition) is 2. The van der Waals surface area contributed by atoms with Crippen LogP contribution in [0.1, 0.15) is 25.7 Å². The first-order valence-corrected chi connectivity index (χ1v) is 4.73. The number of ketones is 1. The zero-order valence-electron chi connectivity index (χ0n) is 7.46. The highest BCUT2D eigenvalue weighted by atomic mass is 16.1. The lowest BCUT2D eigenvalue weighted by molar-refractivity contribution is -0.124. The minimum absolute atomic E-state index is 0.242. The topological polar surface area (TPSA) is 69.1 Å². The number of rotatable bonds is 4. The lowest BCUT2D eigenvalue weighted by atomic mass is 9.98. The van der Waals surface area contributed by atoms with Crippen LogP contribution in [0.4, 0.5) is 0 Å². The van der Waals surface area contributed by atoms with Crippen molar-refractivity contribution in [3.8, 4) is 0 Å². The molecule has 1 aliphatic carbocycles. The molecule has 0 amide bonds. The Labute approximate surface area is 73.5 Å². The first kappa shape index (κ1) is 9.68. The Hall–Kier alpha value is -0.410. The maximum Gasteiger partial charge on any atom is 0.139 e. The fourth-order valence-electron chi connectivity index (χ4n) is 2.00. The Morgan fingerprint density at radius 1 is 1.08 bits per heavy atom. The van der Waals surface area contributed by atoms with Crippen molar-refractivity contribution in [3.63, 3.8) is 0 Å². The van der Waals surface area contributed by atoms with E-state index in [1.807, 2.05) is 0 Å². The molecule has 0 heterocycles. The van der Waals surface area contributed by atoms with Gasteiger partial charge in [-0.25, -0.2) is 0 Å². The Kier molecular flexibility index (Phi) is 3.69. The van der Waals surface area contributed by atoms with Crippen LogP contribution in [0.2, 0.25) is 0 Å². The average Bonchev–Trinajstić information content (AvgIpc) is 2.38. The Morgan fingerprint density at radius 2 is 1.50 bits per heavy atom. The highest BCUT2D eigenvalue weighted by Crippen LogP contribution is 2.30. The molecule has 0 aliphatic heterocycles. The van der Waals surface area contributed by atoms with Gasteiger partial charge in [0.05, 0.1) is 0 Å². The summed E-state index contributed by atoms with van der Waals surface area (Å²) in [6.45, 7) is 1.26. The maximum absolute atomic E-state index is 11.6.